The van der Waals surface area contributed by atoms with Crippen molar-refractivity contribution in [3.05, 3.63) is 71.8 Å². The quantitative estimate of drug-likeness (QED) is 0.468. The second-order valence-electron chi connectivity index (χ2n) is 8.90. The average molecular weight is 528 g/mol. The topological polar surface area (TPSA) is 41.4 Å². The molecule has 1 saturated carbocycles. The molecule has 3 heterocycles. The lowest BCUT2D eigenvalue weighted by Gasteiger charge is -2.53. The first kappa shape index (κ1) is 19.4. The van der Waals surface area contributed by atoms with Crippen LogP contribution < -0.4 is 4.90 Å². The Morgan fingerprint density at radius 2 is 1.94 bits per heavy atom. The minimum Gasteiger partial charge on any atom is -0.307 e. The van der Waals surface area contributed by atoms with Crippen LogP contribution in [0.2, 0.25) is 0 Å². The lowest BCUT2D eigenvalue weighted by atomic mass is 9.72. The minimum atomic E-state index is -0.461. The van der Waals surface area contributed by atoms with Crippen LogP contribution in [0.5, 0.6) is 0 Å². The average Bonchev–Trinajstić information content (AvgIpc) is 3.23. The molecule has 5 nitrogen and oxygen atoms in total. The first-order valence-electron chi connectivity index (χ1n) is 10.7. The Morgan fingerprint density at radius 1 is 1.13 bits per heavy atom. The summed E-state index contributed by atoms with van der Waals surface area (Å²) in [6, 6.07) is 13.9. The fourth-order valence-electron chi connectivity index (χ4n) is 5.19. The van der Waals surface area contributed by atoms with Gasteiger partial charge in [-0.3, -0.25) is 9.69 Å². The van der Waals surface area contributed by atoms with Gasteiger partial charge in [-0.1, -0.05) is 36.8 Å². The molecule has 1 amide bonds. The molecule has 2 fully saturated rings. The highest BCUT2D eigenvalue weighted by Gasteiger charge is 2.59. The SMILES string of the molecule is O=C1N(Cc2ccc(-c3cnn(I)c3)cc2F)c2ccccc2C12CN(C1CCC1)C2. The molecule has 31 heavy (non-hydrogen) atoms. The Labute approximate surface area is 194 Å². The van der Waals surface area contributed by atoms with Gasteiger partial charge in [-0.2, -0.15) is 5.10 Å². The fourth-order valence-corrected chi connectivity index (χ4v) is 5.61. The number of halogens is 2. The summed E-state index contributed by atoms with van der Waals surface area (Å²) in [7, 11) is 0. The van der Waals surface area contributed by atoms with E-state index in [9.17, 15) is 4.79 Å². The molecule has 6 rings (SSSR count). The molecule has 1 aromatic heterocycles. The van der Waals surface area contributed by atoms with E-state index in [0.29, 0.717) is 11.6 Å². The first-order valence-corrected chi connectivity index (χ1v) is 11.7. The second-order valence-corrected chi connectivity index (χ2v) is 9.89. The molecule has 1 saturated heterocycles. The van der Waals surface area contributed by atoms with E-state index in [1.54, 1.807) is 20.1 Å². The number of para-hydroxylation sites is 1. The van der Waals surface area contributed by atoms with Gasteiger partial charge in [0.25, 0.3) is 0 Å². The van der Waals surface area contributed by atoms with Gasteiger partial charge in [0.15, 0.2) is 0 Å². The third-order valence-electron chi connectivity index (χ3n) is 7.17. The van der Waals surface area contributed by atoms with Crippen LogP contribution in [0.15, 0.2) is 54.9 Å². The van der Waals surface area contributed by atoms with Crippen LogP contribution in [-0.4, -0.2) is 37.9 Å². The lowest BCUT2D eigenvalue weighted by Crippen LogP contribution is -2.67. The standard InChI is InChI=1S/C24H22FIN4O/c25-21-10-16(18-11-27-30(26)13-18)8-9-17(21)12-29-22-7-2-1-6-20(22)24(23(29)31)14-28(15-24)19-4-3-5-19/h1-2,6-11,13,19H,3-5,12,14-15H2. The van der Waals surface area contributed by atoms with E-state index in [1.807, 2.05) is 30.5 Å². The maximum atomic E-state index is 15.0. The Balaban J connectivity index is 1.28. The van der Waals surface area contributed by atoms with Crippen LogP contribution in [-0.2, 0) is 16.8 Å². The minimum absolute atomic E-state index is 0.110. The monoisotopic (exact) mass is 528 g/mol. The number of anilines is 1. The number of rotatable bonds is 4. The number of hydrogen-bond acceptors (Lipinski definition) is 3. The number of carbonyl (C=O) groups excluding carboxylic acids is 1. The van der Waals surface area contributed by atoms with Gasteiger partial charge in [0.2, 0.25) is 5.91 Å². The van der Waals surface area contributed by atoms with E-state index < -0.39 is 5.41 Å². The Morgan fingerprint density at radius 3 is 2.61 bits per heavy atom. The number of carbonyl (C=O) groups is 1. The Bertz CT molecular complexity index is 1180. The molecular formula is C24H22FIN4O. The van der Waals surface area contributed by atoms with Crippen LogP contribution in [0, 0.1) is 5.82 Å². The number of hydrogen-bond donors (Lipinski definition) is 0. The third-order valence-corrected chi connectivity index (χ3v) is 7.70. The van der Waals surface area contributed by atoms with E-state index in [0.717, 1.165) is 35.5 Å². The zero-order valence-electron chi connectivity index (χ0n) is 17.0. The van der Waals surface area contributed by atoms with E-state index in [4.69, 9.17) is 0 Å². The summed E-state index contributed by atoms with van der Waals surface area (Å²) in [4.78, 5) is 17.8. The van der Waals surface area contributed by atoms with Crippen molar-refractivity contribution in [2.45, 2.75) is 37.3 Å². The largest absolute Gasteiger partial charge is 0.307 e. The van der Waals surface area contributed by atoms with Crippen molar-refractivity contribution in [3.63, 3.8) is 0 Å². The number of nitrogens with zero attached hydrogens (tertiary/aromatic N) is 4. The first-order chi connectivity index (χ1) is 15.0. The van der Waals surface area contributed by atoms with Crippen LogP contribution in [0.4, 0.5) is 10.1 Å². The molecule has 0 N–H and O–H groups in total. The van der Waals surface area contributed by atoms with Gasteiger partial charge in [-0.15, -0.1) is 0 Å². The fraction of sp³-hybridized carbons (Fsp3) is 0.333. The predicted octanol–water partition coefficient (Wildman–Crippen LogP) is 4.54. The van der Waals surface area contributed by atoms with Crippen molar-refractivity contribution in [3.8, 4) is 11.1 Å². The smallest absolute Gasteiger partial charge is 0.240 e. The number of fused-ring (bicyclic) bond motifs is 2. The van der Waals surface area contributed by atoms with Crippen LogP contribution in [0.25, 0.3) is 11.1 Å². The van der Waals surface area contributed by atoms with E-state index >= 15 is 4.39 Å². The lowest BCUT2D eigenvalue weighted by molar-refractivity contribution is -0.132. The van der Waals surface area contributed by atoms with Crippen molar-refractivity contribution in [2.24, 2.45) is 0 Å². The van der Waals surface area contributed by atoms with Crippen molar-refractivity contribution in [1.29, 1.82) is 0 Å². The normalized spacial score (nSPS) is 20.1. The van der Waals surface area contributed by atoms with Gasteiger partial charge < -0.3 is 4.90 Å². The molecule has 0 radical (unpaired) electrons. The zero-order chi connectivity index (χ0) is 21.2. The number of amides is 1. The second kappa shape index (κ2) is 7.13. The summed E-state index contributed by atoms with van der Waals surface area (Å²) in [5, 5.41) is 4.15. The molecule has 1 spiro atoms. The van der Waals surface area contributed by atoms with Crippen molar-refractivity contribution < 1.29 is 9.18 Å². The summed E-state index contributed by atoms with van der Waals surface area (Å²) < 4.78 is 16.7. The van der Waals surface area contributed by atoms with Crippen LogP contribution >= 0.6 is 22.9 Å². The molecular weight excluding hydrogens is 506 g/mol. The molecule has 0 unspecified atom stereocenters. The summed E-state index contributed by atoms with van der Waals surface area (Å²) >= 11 is 2.07. The maximum absolute atomic E-state index is 15.0. The van der Waals surface area contributed by atoms with Gasteiger partial charge >= 0.3 is 0 Å². The van der Waals surface area contributed by atoms with Crippen molar-refractivity contribution in [2.75, 3.05) is 18.0 Å². The molecule has 7 heteroatoms. The molecule has 2 aliphatic heterocycles. The van der Waals surface area contributed by atoms with Crippen LogP contribution in [0.3, 0.4) is 0 Å². The van der Waals surface area contributed by atoms with Gasteiger partial charge in [0.1, 0.15) is 11.2 Å². The number of aromatic nitrogens is 2. The highest BCUT2D eigenvalue weighted by atomic mass is 127. The molecule has 3 aromatic rings. The van der Waals surface area contributed by atoms with E-state index in [2.05, 4.69) is 38.9 Å². The zero-order valence-corrected chi connectivity index (χ0v) is 19.1. The van der Waals surface area contributed by atoms with Gasteiger partial charge in [-0.25, -0.2) is 7.29 Å². The number of likely N-dealkylation sites (tertiary alicyclic amines) is 1. The van der Waals surface area contributed by atoms with Gasteiger partial charge in [0, 0.05) is 42.1 Å². The summed E-state index contributed by atoms with van der Waals surface area (Å²) in [5.74, 6) is -0.186. The summed E-state index contributed by atoms with van der Waals surface area (Å²) in [6.45, 7) is 1.82. The predicted molar refractivity (Wildman–Crippen MR) is 126 cm³/mol. The Kier molecular flexibility index (Phi) is 4.47. The third kappa shape index (κ3) is 2.96. The summed E-state index contributed by atoms with van der Waals surface area (Å²) in [5.41, 5.74) is 3.74. The van der Waals surface area contributed by atoms with Crippen molar-refractivity contribution in [1.82, 2.24) is 12.9 Å². The maximum Gasteiger partial charge on any atom is 0.240 e. The molecule has 1 aliphatic carbocycles. The van der Waals surface area contributed by atoms with E-state index in [-0.39, 0.29) is 18.3 Å². The molecule has 158 valence electrons. The number of benzene rings is 2. The molecule has 3 aliphatic rings. The van der Waals surface area contributed by atoms with Crippen LogP contribution in [0.1, 0.15) is 30.4 Å². The summed E-state index contributed by atoms with van der Waals surface area (Å²) in [6.07, 6.45) is 7.34. The molecule has 2 aromatic carbocycles. The van der Waals surface area contributed by atoms with Gasteiger partial charge in [0.05, 0.1) is 35.6 Å². The van der Waals surface area contributed by atoms with E-state index in [1.165, 1.54) is 25.3 Å². The van der Waals surface area contributed by atoms with Gasteiger partial charge in [-0.05, 0) is 36.1 Å². The highest BCUT2D eigenvalue weighted by molar-refractivity contribution is 14.1. The molecule has 0 bridgehead atoms. The molecule has 0 atom stereocenters. The Hall–Kier alpha value is -2.26. The highest BCUT2D eigenvalue weighted by Crippen LogP contribution is 2.49. The van der Waals surface area contributed by atoms with Crippen molar-refractivity contribution >= 4 is 34.5 Å².